The van der Waals surface area contributed by atoms with Crippen molar-refractivity contribution in [2.45, 2.75) is 13.0 Å². The monoisotopic (exact) mass is 261 g/mol. The lowest BCUT2D eigenvalue weighted by molar-refractivity contribution is 0.0896. The third-order valence-electron chi connectivity index (χ3n) is 2.48. The number of ether oxygens (including phenoxy) is 1. The third-order valence-corrected chi connectivity index (χ3v) is 2.48. The number of pyridine rings is 1. The molecule has 2 aromatic heterocycles. The van der Waals surface area contributed by atoms with E-state index in [1.807, 2.05) is 13.0 Å². The van der Waals surface area contributed by atoms with Crippen LogP contribution < -0.4 is 5.32 Å². The van der Waals surface area contributed by atoms with Crippen molar-refractivity contribution in [2.24, 2.45) is 0 Å². The topological polar surface area (TPSA) is 77.2 Å². The molecule has 6 heteroatoms. The summed E-state index contributed by atoms with van der Waals surface area (Å²) in [7, 11) is 1.58. The first-order chi connectivity index (χ1) is 9.20. The lowest BCUT2D eigenvalue weighted by Gasteiger charge is -2.10. The maximum atomic E-state index is 11.9. The molecule has 0 aliphatic heterocycles. The van der Waals surface area contributed by atoms with Crippen LogP contribution in [0, 0.1) is 0 Å². The van der Waals surface area contributed by atoms with Crippen molar-refractivity contribution < 1.29 is 14.1 Å². The van der Waals surface area contributed by atoms with Gasteiger partial charge in [-0.25, -0.2) is 0 Å². The number of nitrogens with zero attached hydrogens (tertiary/aromatic N) is 2. The van der Waals surface area contributed by atoms with E-state index < -0.39 is 0 Å². The smallest absolute Gasteiger partial charge is 0.273 e. The summed E-state index contributed by atoms with van der Waals surface area (Å²) in [5, 5.41) is 6.51. The largest absolute Gasteiger partial charge is 0.383 e. The fraction of sp³-hybridized carbons (Fsp3) is 0.308. The predicted octanol–water partition coefficient (Wildman–Crippen LogP) is 1.50. The zero-order chi connectivity index (χ0) is 13.7. The SMILES string of the molecule is COC[C@@H](C)NC(=O)c1cc(-c2cccnc2)on1. The first-order valence-corrected chi connectivity index (χ1v) is 5.87. The molecule has 0 aliphatic carbocycles. The number of hydrogen-bond donors (Lipinski definition) is 1. The van der Waals surface area contributed by atoms with Crippen molar-refractivity contribution in [1.82, 2.24) is 15.5 Å². The molecule has 1 N–H and O–H groups in total. The van der Waals surface area contributed by atoms with Crippen molar-refractivity contribution in [3.63, 3.8) is 0 Å². The van der Waals surface area contributed by atoms with E-state index in [1.54, 1.807) is 31.6 Å². The summed E-state index contributed by atoms with van der Waals surface area (Å²) in [6.45, 7) is 2.29. The molecule has 1 amide bonds. The maximum Gasteiger partial charge on any atom is 0.273 e. The Labute approximate surface area is 110 Å². The fourth-order valence-electron chi connectivity index (χ4n) is 1.62. The van der Waals surface area contributed by atoms with Crippen LogP contribution in [0.2, 0.25) is 0 Å². The molecular formula is C13H15N3O3. The molecule has 2 heterocycles. The Morgan fingerprint density at radius 2 is 2.42 bits per heavy atom. The normalized spacial score (nSPS) is 12.1. The van der Waals surface area contributed by atoms with Gasteiger partial charge in [0.05, 0.1) is 6.61 Å². The Morgan fingerprint density at radius 3 is 3.11 bits per heavy atom. The molecule has 6 nitrogen and oxygen atoms in total. The summed E-state index contributed by atoms with van der Waals surface area (Å²) in [5.41, 5.74) is 1.01. The lowest BCUT2D eigenvalue weighted by Crippen LogP contribution is -2.35. The average molecular weight is 261 g/mol. The minimum atomic E-state index is -0.288. The van der Waals surface area contributed by atoms with E-state index in [1.165, 1.54) is 0 Å². The van der Waals surface area contributed by atoms with Gasteiger partial charge in [-0.15, -0.1) is 0 Å². The van der Waals surface area contributed by atoms with Gasteiger partial charge >= 0.3 is 0 Å². The van der Waals surface area contributed by atoms with Gasteiger partial charge in [-0.3, -0.25) is 9.78 Å². The Balaban J connectivity index is 2.07. The zero-order valence-corrected chi connectivity index (χ0v) is 10.8. The summed E-state index contributed by atoms with van der Waals surface area (Å²) in [6.07, 6.45) is 3.32. The van der Waals surface area contributed by atoms with Crippen molar-refractivity contribution in [3.05, 3.63) is 36.3 Å². The molecular weight excluding hydrogens is 246 g/mol. The highest BCUT2D eigenvalue weighted by Crippen LogP contribution is 2.18. The van der Waals surface area contributed by atoms with Crippen LogP contribution >= 0.6 is 0 Å². The second-order valence-electron chi connectivity index (χ2n) is 4.15. The number of amides is 1. The van der Waals surface area contributed by atoms with Crippen molar-refractivity contribution in [2.75, 3.05) is 13.7 Å². The minimum absolute atomic E-state index is 0.0870. The van der Waals surface area contributed by atoms with Gasteiger partial charge in [0, 0.05) is 37.2 Å². The highest BCUT2D eigenvalue weighted by molar-refractivity contribution is 5.93. The van der Waals surface area contributed by atoms with E-state index in [0.717, 1.165) is 5.56 Å². The Kier molecular flexibility index (Phi) is 4.25. The van der Waals surface area contributed by atoms with E-state index in [9.17, 15) is 4.79 Å². The van der Waals surface area contributed by atoms with E-state index >= 15 is 0 Å². The molecule has 0 fully saturated rings. The number of carbonyl (C=O) groups is 1. The predicted molar refractivity (Wildman–Crippen MR) is 68.5 cm³/mol. The summed E-state index contributed by atoms with van der Waals surface area (Å²) < 4.78 is 10.1. The number of nitrogens with one attached hydrogen (secondary N) is 1. The van der Waals surface area contributed by atoms with Gasteiger partial charge in [0.1, 0.15) is 0 Å². The lowest BCUT2D eigenvalue weighted by atomic mass is 10.2. The van der Waals surface area contributed by atoms with Crippen LogP contribution in [0.4, 0.5) is 0 Å². The van der Waals surface area contributed by atoms with Crippen LogP contribution in [0.15, 0.2) is 35.1 Å². The number of carbonyl (C=O) groups excluding carboxylic acids is 1. The Bertz CT molecular complexity index is 539. The third kappa shape index (κ3) is 3.38. The van der Waals surface area contributed by atoms with Crippen molar-refractivity contribution >= 4 is 5.91 Å². The molecule has 0 spiro atoms. The van der Waals surface area contributed by atoms with E-state index in [-0.39, 0.29) is 17.6 Å². The molecule has 2 rings (SSSR count). The summed E-state index contributed by atoms with van der Waals surface area (Å²) in [5.74, 6) is 0.223. The zero-order valence-electron chi connectivity index (χ0n) is 10.8. The molecule has 2 aromatic rings. The molecule has 1 atom stereocenters. The van der Waals surface area contributed by atoms with Crippen molar-refractivity contribution in [1.29, 1.82) is 0 Å². The van der Waals surface area contributed by atoms with Crippen LogP contribution in [0.5, 0.6) is 0 Å². The average Bonchev–Trinajstić information content (AvgIpc) is 2.89. The van der Waals surface area contributed by atoms with Gasteiger partial charge in [0.2, 0.25) is 0 Å². The Hall–Kier alpha value is -2.21. The number of aromatic nitrogens is 2. The molecule has 19 heavy (non-hydrogen) atoms. The molecule has 100 valence electrons. The molecule has 0 saturated heterocycles. The quantitative estimate of drug-likeness (QED) is 0.882. The van der Waals surface area contributed by atoms with Gasteiger partial charge < -0.3 is 14.6 Å². The van der Waals surface area contributed by atoms with Crippen molar-refractivity contribution in [3.8, 4) is 11.3 Å². The van der Waals surface area contributed by atoms with Gasteiger partial charge in [-0.2, -0.15) is 0 Å². The molecule has 0 unspecified atom stereocenters. The van der Waals surface area contributed by atoms with E-state index in [4.69, 9.17) is 9.26 Å². The summed E-state index contributed by atoms with van der Waals surface area (Å²) in [6, 6.07) is 5.13. The molecule has 0 aromatic carbocycles. The van der Waals surface area contributed by atoms with Crippen LogP contribution in [-0.4, -0.2) is 35.8 Å². The van der Waals surface area contributed by atoms with Gasteiger partial charge in [0.25, 0.3) is 5.91 Å². The number of hydrogen-bond acceptors (Lipinski definition) is 5. The maximum absolute atomic E-state index is 11.9. The highest BCUT2D eigenvalue weighted by atomic mass is 16.5. The minimum Gasteiger partial charge on any atom is -0.383 e. The van der Waals surface area contributed by atoms with Crippen LogP contribution in [0.3, 0.4) is 0 Å². The summed E-state index contributed by atoms with van der Waals surface area (Å²) >= 11 is 0. The summed E-state index contributed by atoms with van der Waals surface area (Å²) in [4.78, 5) is 15.9. The van der Waals surface area contributed by atoms with Crippen LogP contribution in [0.25, 0.3) is 11.3 Å². The molecule has 0 aliphatic rings. The van der Waals surface area contributed by atoms with E-state index in [2.05, 4.69) is 15.5 Å². The van der Waals surface area contributed by atoms with Gasteiger partial charge in [0.15, 0.2) is 11.5 Å². The molecule has 0 saturated carbocycles. The Morgan fingerprint density at radius 1 is 1.58 bits per heavy atom. The van der Waals surface area contributed by atoms with Gasteiger partial charge in [-0.1, -0.05) is 5.16 Å². The van der Waals surface area contributed by atoms with Crippen LogP contribution in [0.1, 0.15) is 17.4 Å². The first-order valence-electron chi connectivity index (χ1n) is 5.87. The van der Waals surface area contributed by atoms with Crippen LogP contribution in [-0.2, 0) is 4.74 Å². The fourth-order valence-corrected chi connectivity index (χ4v) is 1.62. The van der Waals surface area contributed by atoms with Gasteiger partial charge in [-0.05, 0) is 19.1 Å². The molecule has 0 radical (unpaired) electrons. The standard InChI is InChI=1S/C13H15N3O3/c1-9(8-18-2)15-13(17)11-6-12(19-16-11)10-4-3-5-14-7-10/h3-7,9H,8H2,1-2H3,(H,15,17)/t9-/m1/s1. The number of rotatable bonds is 5. The second kappa shape index (κ2) is 6.10. The second-order valence-corrected chi connectivity index (χ2v) is 4.15. The van der Waals surface area contributed by atoms with E-state index in [0.29, 0.717) is 12.4 Å². The highest BCUT2D eigenvalue weighted by Gasteiger charge is 2.15. The first kappa shape index (κ1) is 13.2. The molecule has 0 bridgehead atoms. The number of methoxy groups -OCH3 is 1.